The Labute approximate surface area is 142 Å². The summed E-state index contributed by atoms with van der Waals surface area (Å²) in [6.45, 7) is 4.13. The van der Waals surface area contributed by atoms with Crippen LogP contribution in [-0.2, 0) is 4.79 Å². The number of thioether (sulfide) groups is 1. The summed E-state index contributed by atoms with van der Waals surface area (Å²) in [5.74, 6) is 1.03. The Hall–Kier alpha value is -1.78. The maximum atomic E-state index is 12.2. The molecular weight excluding hydrogens is 304 g/mol. The zero-order valence-electron chi connectivity index (χ0n) is 13.7. The molecule has 0 radical (unpaired) electrons. The van der Waals surface area contributed by atoms with E-state index in [1.165, 1.54) is 4.90 Å². The van der Waals surface area contributed by atoms with Crippen molar-refractivity contribution in [1.82, 2.24) is 5.32 Å². The third-order valence-electron chi connectivity index (χ3n) is 3.70. The number of nitrogens with one attached hydrogen (secondary N) is 1. The predicted molar refractivity (Wildman–Crippen MR) is 97.4 cm³/mol. The molecule has 0 aromatic heterocycles. The number of carbonyl (C=O) groups is 1. The summed E-state index contributed by atoms with van der Waals surface area (Å²) in [7, 11) is 0. The number of amides is 1. The second-order valence-corrected chi connectivity index (χ2v) is 6.85. The minimum atomic E-state index is -0.272. The average Bonchev–Trinajstić information content (AvgIpc) is 2.56. The summed E-state index contributed by atoms with van der Waals surface area (Å²) in [6, 6.07) is 17.8. The predicted octanol–water partition coefficient (Wildman–Crippen LogP) is 4.07. The van der Waals surface area contributed by atoms with E-state index in [-0.39, 0.29) is 24.4 Å². The quantitative estimate of drug-likeness (QED) is 0.753. The van der Waals surface area contributed by atoms with Gasteiger partial charge in [0.2, 0.25) is 5.91 Å². The summed E-state index contributed by atoms with van der Waals surface area (Å²) >= 11 is 1.81. The van der Waals surface area contributed by atoms with Crippen LogP contribution >= 0.6 is 11.8 Å². The zero-order valence-corrected chi connectivity index (χ0v) is 14.5. The molecule has 3 nitrogen and oxygen atoms in total. The Balaban J connectivity index is 1.89. The Bertz CT molecular complexity index is 613. The molecule has 1 amide bonds. The smallest absolute Gasteiger partial charge is 0.222 e. The Morgan fingerprint density at radius 3 is 2.35 bits per heavy atom. The van der Waals surface area contributed by atoms with Gasteiger partial charge >= 0.3 is 0 Å². The van der Waals surface area contributed by atoms with Crippen LogP contribution in [0, 0.1) is 0 Å². The lowest BCUT2D eigenvalue weighted by atomic mass is 10.0. The number of nitrogens with two attached hydrogens (primary N) is 1. The van der Waals surface area contributed by atoms with Gasteiger partial charge in [0.1, 0.15) is 0 Å². The molecule has 0 bridgehead atoms. The minimum absolute atomic E-state index is 0.0221. The first kappa shape index (κ1) is 17.6. The molecule has 2 aromatic carbocycles. The van der Waals surface area contributed by atoms with Gasteiger partial charge < -0.3 is 11.1 Å². The highest BCUT2D eigenvalue weighted by molar-refractivity contribution is 7.99. The lowest BCUT2D eigenvalue weighted by Gasteiger charge is -2.17. The first-order chi connectivity index (χ1) is 11.1. The maximum Gasteiger partial charge on any atom is 0.222 e. The van der Waals surface area contributed by atoms with Gasteiger partial charge in [-0.05, 0) is 35.9 Å². The van der Waals surface area contributed by atoms with E-state index in [0.717, 1.165) is 16.9 Å². The van der Waals surface area contributed by atoms with E-state index >= 15 is 0 Å². The average molecular weight is 328 g/mol. The molecule has 23 heavy (non-hydrogen) atoms. The molecule has 3 N–H and O–H groups in total. The van der Waals surface area contributed by atoms with Crippen LogP contribution in [0.5, 0.6) is 0 Å². The van der Waals surface area contributed by atoms with E-state index in [0.29, 0.717) is 0 Å². The third kappa shape index (κ3) is 5.41. The molecule has 122 valence electrons. The van der Waals surface area contributed by atoms with Gasteiger partial charge in [-0.15, -0.1) is 11.8 Å². The van der Waals surface area contributed by atoms with Crippen LogP contribution in [0.4, 0.5) is 0 Å². The summed E-state index contributed by atoms with van der Waals surface area (Å²) < 4.78 is 0. The van der Waals surface area contributed by atoms with Crippen LogP contribution in [0.2, 0.25) is 0 Å². The van der Waals surface area contributed by atoms with Crippen LogP contribution in [0.1, 0.15) is 43.5 Å². The summed E-state index contributed by atoms with van der Waals surface area (Å²) in [6.07, 6.45) is 0.290. The summed E-state index contributed by atoms with van der Waals surface area (Å²) in [5.41, 5.74) is 8.19. The Kier molecular flexibility index (Phi) is 6.68. The van der Waals surface area contributed by atoms with Crippen molar-refractivity contribution in [2.75, 3.05) is 5.75 Å². The van der Waals surface area contributed by atoms with Crippen molar-refractivity contribution in [3.8, 4) is 0 Å². The molecule has 4 heteroatoms. The Morgan fingerprint density at radius 2 is 1.74 bits per heavy atom. The highest BCUT2D eigenvalue weighted by Gasteiger charge is 2.14. The van der Waals surface area contributed by atoms with Gasteiger partial charge in [-0.2, -0.15) is 0 Å². The Morgan fingerprint density at radius 1 is 1.09 bits per heavy atom. The largest absolute Gasteiger partial charge is 0.350 e. The lowest BCUT2D eigenvalue weighted by Crippen LogP contribution is -2.29. The second-order valence-electron chi connectivity index (χ2n) is 5.51. The molecule has 2 unspecified atom stereocenters. The van der Waals surface area contributed by atoms with Crippen molar-refractivity contribution in [2.45, 2.75) is 37.2 Å². The van der Waals surface area contributed by atoms with E-state index in [9.17, 15) is 4.79 Å². The van der Waals surface area contributed by atoms with Crippen LogP contribution < -0.4 is 11.1 Å². The van der Waals surface area contributed by atoms with Crippen molar-refractivity contribution in [1.29, 1.82) is 0 Å². The molecule has 2 rings (SSSR count). The second kappa shape index (κ2) is 8.75. The molecule has 0 fully saturated rings. The number of hydrogen-bond donors (Lipinski definition) is 2. The van der Waals surface area contributed by atoms with Crippen LogP contribution in [0.3, 0.4) is 0 Å². The molecular formula is C19H24N2OS. The van der Waals surface area contributed by atoms with Gasteiger partial charge in [-0.1, -0.05) is 49.4 Å². The summed E-state index contributed by atoms with van der Waals surface area (Å²) in [4.78, 5) is 13.4. The molecule has 2 aromatic rings. The van der Waals surface area contributed by atoms with Crippen molar-refractivity contribution >= 4 is 17.7 Å². The van der Waals surface area contributed by atoms with Crippen molar-refractivity contribution in [2.24, 2.45) is 5.73 Å². The fraction of sp³-hybridized carbons (Fsp3) is 0.316. The molecule has 0 aliphatic heterocycles. The first-order valence-corrected chi connectivity index (χ1v) is 8.91. The first-order valence-electron chi connectivity index (χ1n) is 7.92. The number of carbonyl (C=O) groups excluding carboxylic acids is 1. The van der Waals surface area contributed by atoms with Crippen molar-refractivity contribution < 1.29 is 4.79 Å². The van der Waals surface area contributed by atoms with Gasteiger partial charge in [-0.3, -0.25) is 4.79 Å². The molecule has 2 atom stereocenters. The van der Waals surface area contributed by atoms with E-state index in [4.69, 9.17) is 5.73 Å². The number of benzene rings is 2. The van der Waals surface area contributed by atoms with Crippen LogP contribution in [0.25, 0.3) is 0 Å². The highest BCUT2D eigenvalue weighted by Crippen LogP contribution is 2.21. The van der Waals surface area contributed by atoms with Gasteiger partial charge in [0.25, 0.3) is 0 Å². The number of hydrogen-bond acceptors (Lipinski definition) is 3. The molecule has 0 aliphatic carbocycles. The fourth-order valence-electron chi connectivity index (χ4n) is 2.42. The SMILES string of the molecule is CCSc1ccc(C(C)NC(=O)CC(N)c2ccccc2)cc1. The highest BCUT2D eigenvalue weighted by atomic mass is 32.2. The van der Waals surface area contributed by atoms with Crippen molar-refractivity contribution in [3.05, 3.63) is 65.7 Å². The van der Waals surface area contributed by atoms with Gasteiger partial charge in [0, 0.05) is 17.4 Å². The van der Waals surface area contributed by atoms with Crippen LogP contribution in [0.15, 0.2) is 59.5 Å². The van der Waals surface area contributed by atoms with E-state index in [2.05, 4.69) is 36.5 Å². The van der Waals surface area contributed by atoms with Gasteiger partial charge in [-0.25, -0.2) is 0 Å². The third-order valence-corrected chi connectivity index (χ3v) is 4.60. The maximum absolute atomic E-state index is 12.2. The number of rotatable bonds is 7. The fourth-order valence-corrected chi connectivity index (χ4v) is 3.08. The lowest BCUT2D eigenvalue weighted by molar-refractivity contribution is -0.122. The molecule has 0 saturated heterocycles. The summed E-state index contributed by atoms with van der Waals surface area (Å²) in [5, 5.41) is 3.02. The topological polar surface area (TPSA) is 55.1 Å². The molecule has 0 heterocycles. The minimum Gasteiger partial charge on any atom is -0.350 e. The zero-order chi connectivity index (χ0) is 16.7. The van der Waals surface area contributed by atoms with Crippen LogP contribution in [-0.4, -0.2) is 11.7 Å². The standard InChI is InChI=1S/C19H24N2OS/c1-3-23-17-11-9-15(10-12-17)14(2)21-19(22)13-18(20)16-7-5-4-6-8-16/h4-12,14,18H,3,13,20H2,1-2H3,(H,21,22). The van der Waals surface area contributed by atoms with E-state index in [1.54, 1.807) is 0 Å². The van der Waals surface area contributed by atoms with Gasteiger partial charge in [0.15, 0.2) is 0 Å². The molecule has 0 saturated carbocycles. The normalized spacial score (nSPS) is 13.3. The molecule has 0 aliphatic rings. The van der Waals surface area contributed by atoms with Crippen molar-refractivity contribution in [3.63, 3.8) is 0 Å². The van der Waals surface area contributed by atoms with Gasteiger partial charge in [0.05, 0.1) is 6.04 Å². The van der Waals surface area contributed by atoms with E-state index in [1.807, 2.05) is 49.0 Å². The van der Waals surface area contributed by atoms with E-state index < -0.39 is 0 Å². The molecule has 0 spiro atoms. The monoisotopic (exact) mass is 328 g/mol.